The van der Waals surface area contributed by atoms with Gasteiger partial charge in [0, 0.05) is 37.4 Å². The summed E-state index contributed by atoms with van der Waals surface area (Å²) in [6.45, 7) is 22.6. The summed E-state index contributed by atoms with van der Waals surface area (Å²) in [6, 6.07) is 29.2. The van der Waals surface area contributed by atoms with Gasteiger partial charge in [-0.05, 0) is 46.9 Å². The number of hydrogen-bond donors (Lipinski definition) is 1. The van der Waals surface area contributed by atoms with Crippen molar-refractivity contribution in [1.82, 2.24) is 19.8 Å². The van der Waals surface area contributed by atoms with E-state index in [2.05, 4.69) is 149 Å². The van der Waals surface area contributed by atoms with Crippen LogP contribution in [0, 0.1) is 6.92 Å². The highest BCUT2D eigenvalue weighted by atomic mass is 15.3. The van der Waals surface area contributed by atoms with Crippen LogP contribution in [0.15, 0.2) is 78.9 Å². The maximum absolute atomic E-state index is 5.07. The third-order valence-corrected chi connectivity index (χ3v) is 8.75. The van der Waals surface area contributed by atoms with Gasteiger partial charge in [0.15, 0.2) is 0 Å². The van der Waals surface area contributed by atoms with E-state index in [9.17, 15) is 0 Å². The fourth-order valence-corrected chi connectivity index (χ4v) is 6.57. The van der Waals surface area contributed by atoms with Crippen LogP contribution in [0.5, 0.6) is 0 Å². The second-order valence-electron chi connectivity index (χ2n) is 13.8. The molecule has 4 aromatic rings. The van der Waals surface area contributed by atoms with Gasteiger partial charge in [-0.3, -0.25) is 9.80 Å². The molecule has 0 amide bonds. The topological polar surface area (TPSA) is 35.2 Å². The third kappa shape index (κ3) is 6.19. The molecule has 1 aromatic heterocycles. The Morgan fingerprint density at radius 3 is 1.63 bits per heavy atom. The quantitative estimate of drug-likeness (QED) is 0.263. The van der Waals surface area contributed by atoms with E-state index in [-0.39, 0.29) is 22.9 Å². The number of nitrogens with one attached hydrogen (secondary N) is 1. The second kappa shape index (κ2) is 11.6. The van der Waals surface area contributed by atoms with E-state index in [0.717, 1.165) is 49.0 Å². The lowest BCUT2D eigenvalue weighted by atomic mass is 9.76. The lowest BCUT2D eigenvalue weighted by Gasteiger charge is -2.43. The van der Waals surface area contributed by atoms with Crippen molar-refractivity contribution in [2.75, 3.05) is 26.2 Å². The number of imidazole rings is 1. The lowest BCUT2D eigenvalue weighted by molar-refractivity contribution is 0.0817. The Kier molecular flexibility index (Phi) is 8.27. The molecule has 5 rings (SSSR count). The van der Waals surface area contributed by atoms with E-state index in [1.807, 2.05) is 0 Å². The molecule has 2 heterocycles. The molecule has 216 valence electrons. The van der Waals surface area contributed by atoms with Crippen LogP contribution < -0.4 is 0 Å². The molecule has 1 N–H and O–H groups in total. The first-order chi connectivity index (χ1) is 19.4. The Morgan fingerprint density at radius 2 is 1.12 bits per heavy atom. The van der Waals surface area contributed by atoms with E-state index in [1.54, 1.807) is 0 Å². The predicted molar refractivity (Wildman–Crippen MR) is 172 cm³/mol. The normalized spacial score (nSPS) is 16.3. The average molecular weight is 549 g/mol. The third-order valence-electron chi connectivity index (χ3n) is 8.75. The Labute approximate surface area is 247 Å². The Bertz CT molecular complexity index is 1390. The van der Waals surface area contributed by atoms with Gasteiger partial charge in [-0.2, -0.15) is 0 Å². The molecule has 1 aliphatic heterocycles. The van der Waals surface area contributed by atoms with Crippen molar-refractivity contribution in [1.29, 1.82) is 0 Å². The lowest BCUT2D eigenvalue weighted by Crippen LogP contribution is -2.49. The Hall–Kier alpha value is -3.21. The molecule has 0 spiro atoms. The van der Waals surface area contributed by atoms with Gasteiger partial charge < -0.3 is 4.98 Å². The van der Waals surface area contributed by atoms with Gasteiger partial charge in [-0.1, -0.05) is 120 Å². The first kappa shape index (κ1) is 29.3. The highest BCUT2D eigenvalue weighted by molar-refractivity contribution is 5.55. The summed E-state index contributed by atoms with van der Waals surface area (Å²) in [5.41, 5.74) is 9.33. The molecule has 0 saturated carbocycles. The maximum Gasteiger partial charge on any atom is 0.137 e. The van der Waals surface area contributed by atoms with Crippen LogP contribution in [0.4, 0.5) is 0 Å². The molecule has 41 heavy (non-hydrogen) atoms. The number of nitrogens with zero attached hydrogens (tertiary/aromatic N) is 3. The van der Waals surface area contributed by atoms with Gasteiger partial charge in [-0.25, -0.2) is 4.98 Å². The SMILES string of the molecule is Cc1[nH]c(-c2ccccc2)nc1C(C)N1CCN(C(c2ccccc2C(C)(C)C)c2ccccc2C(C)(C)C)CC1. The zero-order valence-corrected chi connectivity index (χ0v) is 26.3. The van der Waals surface area contributed by atoms with Crippen LogP contribution in [0.2, 0.25) is 0 Å². The molecule has 0 bridgehead atoms. The van der Waals surface area contributed by atoms with Crippen LogP contribution in [-0.2, 0) is 10.8 Å². The van der Waals surface area contributed by atoms with Crippen molar-refractivity contribution in [2.24, 2.45) is 0 Å². The number of H-pyrrole nitrogens is 1. The van der Waals surface area contributed by atoms with Crippen LogP contribution in [0.25, 0.3) is 11.4 Å². The van der Waals surface area contributed by atoms with Gasteiger partial charge in [0.05, 0.1) is 17.8 Å². The van der Waals surface area contributed by atoms with E-state index in [1.165, 1.54) is 22.3 Å². The average Bonchev–Trinajstić information content (AvgIpc) is 3.34. The van der Waals surface area contributed by atoms with Crippen molar-refractivity contribution in [3.63, 3.8) is 0 Å². The summed E-state index contributed by atoms with van der Waals surface area (Å²) in [7, 11) is 0. The maximum atomic E-state index is 5.07. The van der Waals surface area contributed by atoms with Crippen LogP contribution in [0.1, 0.15) is 94.2 Å². The summed E-state index contributed by atoms with van der Waals surface area (Å²) in [5.74, 6) is 0.959. The molecule has 4 heteroatoms. The summed E-state index contributed by atoms with van der Waals surface area (Å²) < 4.78 is 0. The summed E-state index contributed by atoms with van der Waals surface area (Å²) in [4.78, 5) is 13.9. The van der Waals surface area contributed by atoms with Gasteiger partial charge in [-0.15, -0.1) is 0 Å². The molecule has 1 atom stereocenters. The van der Waals surface area contributed by atoms with Crippen molar-refractivity contribution < 1.29 is 0 Å². The van der Waals surface area contributed by atoms with Crippen molar-refractivity contribution in [3.05, 3.63) is 113 Å². The first-order valence-electron chi connectivity index (χ1n) is 15.2. The summed E-state index contributed by atoms with van der Waals surface area (Å²) in [5, 5.41) is 0. The van der Waals surface area contributed by atoms with Crippen molar-refractivity contribution >= 4 is 0 Å². The van der Waals surface area contributed by atoms with Gasteiger partial charge in [0.25, 0.3) is 0 Å². The minimum absolute atomic E-state index is 0.0653. The standard InChI is InChI=1S/C37H48N4/c1-26-33(39-35(38-26)28-16-10-9-11-17-28)27(2)40-22-24-41(25-23-40)34(29-18-12-14-20-31(29)36(3,4)5)30-19-13-15-21-32(30)37(6,7)8/h9-21,27,34H,22-25H2,1-8H3,(H,38,39). The first-order valence-corrected chi connectivity index (χ1v) is 15.2. The van der Waals surface area contributed by atoms with Crippen LogP contribution in [0.3, 0.4) is 0 Å². The zero-order chi connectivity index (χ0) is 29.4. The van der Waals surface area contributed by atoms with E-state index in [0.29, 0.717) is 0 Å². The molecule has 0 radical (unpaired) electrons. The summed E-state index contributed by atoms with van der Waals surface area (Å²) in [6.07, 6.45) is 0. The highest BCUT2D eigenvalue weighted by Crippen LogP contribution is 2.41. The number of aromatic amines is 1. The number of benzene rings is 3. The van der Waals surface area contributed by atoms with Gasteiger partial charge in [0.2, 0.25) is 0 Å². The molecule has 1 fully saturated rings. The monoisotopic (exact) mass is 548 g/mol. The fourth-order valence-electron chi connectivity index (χ4n) is 6.57. The molecule has 1 saturated heterocycles. The van der Waals surface area contributed by atoms with E-state index in [4.69, 9.17) is 4.98 Å². The van der Waals surface area contributed by atoms with E-state index < -0.39 is 0 Å². The zero-order valence-electron chi connectivity index (χ0n) is 26.3. The molecular weight excluding hydrogens is 500 g/mol. The molecule has 3 aromatic carbocycles. The molecule has 1 unspecified atom stereocenters. The highest BCUT2D eigenvalue weighted by Gasteiger charge is 2.34. The predicted octanol–water partition coefficient (Wildman–Crippen LogP) is 8.45. The largest absolute Gasteiger partial charge is 0.342 e. The number of rotatable bonds is 6. The number of piperazine rings is 1. The molecule has 4 nitrogen and oxygen atoms in total. The molecular formula is C37H48N4. The summed E-state index contributed by atoms with van der Waals surface area (Å²) >= 11 is 0. The Balaban J connectivity index is 1.45. The van der Waals surface area contributed by atoms with E-state index >= 15 is 0 Å². The fraction of sp³-hybridized carbons (Fsp3) is 0.432. The minimum Gasteiger partial charge on any atom is -0.342 e. The number of aryl methyl sites for hydroxylation is 1. The smallest absolute Gasteiger partial charge is 0.137 e. The minimum atomic E-state index is 0.0653. The molecule has 0 aliphatic carbocycles. The van der Waals surface area contributed by atoms with Crippen LogP contribution >= 0.6 is 0 Å². The van der Waals surface area contributed by atoms with Crippen molar-refractivity contribution in [3.8, 4) is 11.4 Å². The Morgan fingerprint density at radius 1 is 0.659 bits per heavy atom. The number of hydrogen-bond acceptors (Lipinski definition) is 3. The van der Waals surface area contributed by atoms with Crippen molar-refractivity contribution in [2.45, 2.75) is 78.3 Å². The molecule has 1 aliphatic rings. The van der Waals surface area contributed by atoms with Gasteiger partial charge >= 0.3 is 0 Å². The number of aromatic nitrogens is 2. The van der Waals surface area contributed by atoms with Crippen LogP contribution in [-0.4, -0.2) is 45.9 Å². The van der Waals surface area contributed by atoms with Gasteiger partial charge in [0.1, 0.15) is 5.82 Å². The second-order valence-corrected chi connectivity index (χ2v) is 13.8.